The van der Waals surface area contributed by atoms with E-state index in [1.54, 1.807) is 0 Å². The van der Waals surface area contributed by atoms with Crippen LogP contribution in [0.4, 0.5) is 5.69 Å². The van der Waals surface area contributed by atoms with Gasteiger partial charge in [0.25, 0.3) is 5.91 Å². The zero-order chi connectivity index (χ0) is 25.8. The van der Waals surface area contributed by atoms with Crippen LogP contribution in [0.3, 0.4) is 0 Å². The first-order valence-electron chi connectivity index (χ1n) is 13.6. The number of benzene rings is 2. The van der Waals surface area contributed by atoms with Crippen LogP contribution in [0.2, 0.25) is 0 Å². The standard InChI is InChI=1S/C30H37N3O4/c1-23-7-2-5-11-26(23)37-21-29(36)31-18-14-30(15-19-31)16-20-32(22-30)27(34)12-13-28(35)33-17-6-9-24-8-3-4-10-25(24)33/h2-5,7-8,10-11H,6,9,12-22H2,1H3. The quantitative estimate of drug-likeness (QED) is 0.598. The number of para-hydroxylation sites is 2. The summed E-state index contributed by atoms with van der Waals surface area (Å²) >= 11 is 0. The average molecular weight is 504 g/mol. The Balaban J connectivity index is 1.07. The number of amides is 3. The lowest BCUT2D eigenvalue weighted by Crippen LogP contribution is -2.46. The topological polar surface area (TPSA) is 70.2 Å². The first-order valence-corrected chi connectivity index (χ1v) is 13.6. The highest BCUT2D eigenvalue weighted by molar-refractivity contribution is 5.96. The molecule has 37 heavy (non-hydrogen) atoms. The fourth-order valence-corrected chi connectivity index (χ4v) is 6.04. The molecule has 2 fully saturated rings. The lowest BCUT2D eigenvalue weighted by molar-refractivity contribution is -0.136. The van der Waals surface area contributed by atoms with Crippen molar-refractivity contribution >= 4 is 23.4 Å². The molecule has 0 atom stereocenters. The molecule has 0 aliphatic carbocycles. The summed E-state index contributed by atoms with van der Waals surface area (Å²) in [5.74, 6) is 0.869. The van der Waals surface area contributed by atoms with Gasteiger partial charge in [-0.3, -0.25) is 14.4 Å². The molecule has 1 spiro atoms. The van der Waals surface area contributed by atoms with Crippen molar-refractivity contribution in [3.8, 4) is 5.75 Å². The largest absolute Gasteiger partial charge is 0.484 e. The molecule has 2 aromatic carbocycles. The van der Waals surface area contributed by atoms with Crippen molar-refractivity contribution in [1.82, 2.24) is 9.80 Å². The van der Waals surface area contributed by atoms with Crippen LogP contribution in [0.25, 0.3) is 0 Å². The highest BCUT2D eigenvalue weighted by Gasteiger charge is 2.42. The Hall–Kier alpha value is -3.35. The maximum absolute atomic E-state index is 13.0. The molecule has 0 aromatic heterocycles. The van der Waals surface area contributed by atoms with Gasteiger partial charge in [0.05, 0.1) is 0 Å². The molecule has 0 unspecified atom stereocenters. The Morgan fingerprint density at radius 1 is 0.811 bits per heavy atom. The summed E-state index contributed by atoms with van der Waals surface area (Å²) in [4.78, 5) is 44.3. The summed E-state index contributed by atoms with van der Waals surface area (Å²) < 4.78 is 5.75. The van der Waals surface area contributed by atoms with Gasteiger partial charge in [0.15, 0.2) is 6.61 Å². The molecule has 3 amide bonds. The molecule has 3 heterocycles. The fraction of sp³-hybridized carbons (Fsp3) is 0.500. The van der Waals surface area contributed by atoms with Gasteiger partial charge >= 0.3 is 0 Å². The highest BCUT2D eigenvalue weighted by atomic mass is 16.5. The number of hydrogen-bond donors (Lipinski definition) is 0. The number of rotatable bonds is 6. The van der Waals surface area contributed by atoms with Gasteiger partial charge in [0.2, 0.25) is 11.8 Å². The van der Waals surface area contributed by atoms with Crippen molar-refractivity contribution in [2.75, 3.05) is 44.2 Å². The molecule has 0 saturated carbocycles. The van der Waals surface area contributed by atoms with E-state index >= 15 is 0 Å². The first-order chi connectivity index (χ1) is 17.9. The van der Waals surface area contributed by atoms with E-state index in [9.17, 15) is 14.4 Å². The van der Waals surface area contributed by atoms with Crippen molar-refractivity contribution in [1.29, 1.82) is 0 Å². The van der Waals surface area contributed by atoms with E-state index < -0.39 is 0 Å². The van der Waals surface area contributed by atoms with Gasteiger partial charge in [-0.2, -0.15) is 0 Å². The zero-order valence-electron chi connectivity index (χ0n) is 21.8. The van der Waals surface area contributed by atoms with Crippen LogP contribution in [0, 0.1) is 12.3 Å². The Bertz CT molecular complexity index is 1160. The fourth-order valence-electron chi connectivity index (χ4n) is 6.04. The van der Waals surface area contributed by atoms with Crippen LogP contribution < -0.4 is 9.64 Å². The summed E-state index contributed by atoms with van der Waals surface area (Å²) in [6, 6.07) is 15.8. The van der Waals surface area contributed by atoms with Crippen molar-refractivity contribution in [2.45, 2.75) is 51.9 Å². The highest BCUT2D eigenvalue weighted by Crippen LogP contribution is 2.40. The number of aryl methyl sites for hydroxylation is 2. The summed E-state index contributed by atoms with van der Waals surface area (Å²) in [7, 11) is 0. The Morgan fingerprint density at radius 3 is 2.27 bits per heavy atom. The van der Waals surface area contributed by atoms with Gasteiger partial charge in [-0.1, -0.05) is 36.4 Å². The minimum absolute atomic E-state index is 0.0156. The number of fused-ring (bicyclic) bond motifs is 1. The summed E-state index contributed by atoms with van der Waals surface area (Å²) in [5, 5.41) is 0. The number of carbonyl (C=O) groups is 3. The Morgan fingerprint density at radius 2 is 1.49 bits per heavy atom. The molecular formula is C30H37N3O4. The van der Waals surface area contributed by atoms with Gasteiger partial charge in [-0.15, -0.1) is 0 Å². The van der Waals surface area contributed by atoms with Gasteiger partial charge < -0.3 is 19.4 Å². The molecule has 3 aliphatic heterocycles. The van der Waals surface area contributed by atoms with Crippen LogP contribution in [-0.4, -0.2) is 66.9 Å². The summed E-state index contributed by atoms with van der Waals surface area (Å²) in [5.41, 5.74) is 3.31. The molecule has 7 heteroatoms. The first kappa shape index (κ1) is 25.3. The molecule has 0 bridgehead atoms. The molecule has 2 saturated heterocycles. The number of hydrogen-bond acceptors (Lipinski definition) is 4. The second kappa shape index (κ2) is 11.0. The molecule has 5 rings (SSSR count). The lowest BCUT2D eigenvalue weighted by Gasteiger charge is -2.39. The van der Waals surface area contributed by atoms with Crippen molar-refractivity contribution in [3.05, 3.63) is 59.7 Å². The van der Waals surface area contributed by atoms with Crippen LogP contribution in [0.1, 0.15) is 49.7 Å². The number of anilines is 1. The third-order valence-electron chi connectivity index (χ3n) is 8.38. The van der Waals surface area contributed by atoms with Crippen molar-refractivity contribution in [2.24, 2.45) is 5.41 Å². The number of carbonyl (C=O) groups excluding carboxylic acids is 3. The van der Waals surface area contributed by atoms with E-state index in [1.165, 1.54) is 5.56 Å². The smallest absolute Gasteiger partial charge is 0.260 e. The second-order valence-corrected chi connectivity index (χ2v) is 10.8. The number of piperidine rings is 1. The lowest BCUT2D eigenvalue weighted by atomic mass is 9.78. The summed E-state index contributed by atoms with van der Waals surface area (Å²) in [6.45, 7) is 5.62. The SMILES string of the molecule is Cc1ccccc1OCC(=O)N1CCC2(CC1)CCN(C(=O)CCC(=O)N1CCCc3ccccc31)C2. The predicted octanol–water partition coefficient (Wildman–Crippen LogP) is 3.97. The third-order valence-corrected chi connectivity index (χ3v) is 8.38. The van der Waals surface area contributed by atoms with Crippen molar-refractivity contribution in [3.63, 3.8) is 0 Å². The molecule has 3 aliphatic rings. The number of ether oxygens (including phenoxy) is 1. The van der Waals surface area contributed by atoms with Crippen LogP contribution >= 0.6 is 0 Å². The van der Waals surface area contributed by atoms with Crippen LogP contribution in [0.5, 0.6) is 5.75 Å². The average Bonchev–Trinajstić information content (AvgIpc) is 3.34. The maximum atomic E-state index is 13.0. The summed E-state index contributed by atoms with van der Waals surface area (Å²) in [6.07, 6.45) is 5.23. The van der Waals surface area contributed by atoms with Crippen LogP contribution in [-0.2, 0) is 20.8 Å². The van der Waals surface area contributed by atoms with Gasteiger partial charge in [0, 0.05) is 51.3 Å². The van der Waals surface area contributed by atoms with Gasteiger partial charge in [-0.25, -0.2) is 0 Å². The number of likely N-dealkylation sites (tertiary alicyclic amines) is 2. The molecule has 196 valence electrons. The second-order valence-electron chi connectivity index (χ2n) is 10.8. The van der Waals surface area contributed by atoms with Crippen molar-refractivity contribution < 1.29 is 19.1 Å². The van der Waals surface area contributed by atoms with Gasteiger partial charge in [-0.05, 0) is 67.7 Å². The molecule has 7 nitrogen and oxygen atoms in total. The van der Waals surface area contributed by atoms with E-state index in [1.807, 2.05) is 64.1 Å². The van der Waals surface area contributed by atoms with Gasteiger partial charge in [0.1, 0.15) is 5.75 Å². The predicted molar refractivity (Wildman–Crippen MR) is 142 cm³/mol. The maximum Gasteiger partial charge on any atom is 0.260 e. The number of nitrogens with zero attached hydrogens (tertiary/aromatic N) is 3. The molecular weight excluding hydrogens is 466 g/mol. The van der Waals surface area contributed by atoms with E-state index in [0.29, 0.717) is 13.1 Å². The Kier molecular flexibility index (Phi) is 7.49. The molecule has 0 radical (unpaired) electrons. The minimum atomic E-state index is 0.0156. The monoisotopic (exact) mass is 503 g/mol. The third kappa shape index (κ3) is 5.65. The molecule has 2 aromatic rings. The van der Waals surface area contributed by atoms with E-state index in [0.717, 1.165) is 68.7 Å². The molecule has 0 N–H and O–H groups in total. The van der Waals surface area contributed by atoms with E-state index in [-0.39, 0.29) is 42.6 Å². The Labute approximate surface area is 219 Å². The normalized spacial score (nSPS) is 18.6. The zero-order valence-corrected chi connectivity index (χ0v) is 21.8. The van der Waals surface area contributed by atoms with Crippen LogP contribution in [0.15, 0.2) is 48.5 Å². The van der Waals surface area contributed by atoms with E-state index in [2.05, 4.69) is 6.07 Å². The minimum Gasteiger partial charge on any atom is -0.484 e. The van der Waals surface area contributed by atoms with E-state index in [4.69, 9.17) is 4.74 Å².